The average Bonchev–Trinajstić information content (AvgIpc) is 1.94. The topological polar surface area (TPSA) is 20.2 Å². The lowest BCUT2D eigenvalue weighted by atomic mass is 10.3. The van der Waals surface area contributed by atoms with Gasteiger partial charge >= 0.3 is 0 Å². The molecule has 1 N–H and O–H groups in total. The fraction of sp³-hybridized carbons (Fsp3) is 0.125. The largest absolute Gasteiger partial charge is 0.507 e. The third-order valence-electron chi connectivity index (χ3n) is 1.12. The zero-order valence-corrected chi connectivity index (χ0v) is 7.71. The van der Waals surface area contributed by atoms with Crippen LogP contribution < -0.4 is 0 Å². The predicted molar refractivity (Wildman–Crippen MR) is 53.7 cm³/mol. The summed E-state index contributed by atoms with van der Waals surface area (Å²) in [6.07, 6.45) is 6.31. The normalized spacial score (nSPS) is 16.8. The molecule has 0 aromatic carbocycles. The molecule has 10 heavy (non-hydrogen) atoms. The van der Waals surface area contributed by atoms with Crippen molar-refractivity contribution in [2.45, 2.75) is 6.42 Å². The summed E-state index contributed by atoms with van der Waals surface area (Å²) in [5, 5.41) is 9.25. The van der Waals surface area contributed by atoms with E-state index in [1.54, 1.807) is 6.08 Å². The maximum atomic E-state index is 9.25. The summed E-state index contributed by atoms with van der Waals surface area (Å²) in [5.41, 5.74) is 0. The molecular formula is C8H9IO. The van der Waals surface area contributed by atoms with Gasteiger partial charge in [0.2, 0.25) is 0 Å². The number of hydrogen-bond donors (Lipinski definition) is 1. The van der Waals surface area contributed by atoms with E-state index in [1.165, 1.54) is 0 Å². The maximum Gasteiger partial charge on any atom is 0.124 e. The van der Waals surface area contributed by atoms with E-state index < -0.39 is 0 Å². The maximum absolute atomic E-state index is 9.25. The van der Waals surface area contributed by atoms with Crippen LogP contribution in [0.15, 0.2) is 34.1 Å². The van der Waals surface area contributed by atoms with E-state index in [2.05, 4.69) is 10.6 Å². The van der Waals surface area contributed by atoms with Crippen molar-refractivity contribution < 1.29 is 5.11 Å². The summed E-state index contributed by atoms with van der Waals surface area (Å²) >= 11 is -0.0513. The SMILES string of the molecule is C=CCC1=C(O)C=CC=I1. The second-order valence-corrected chi connectivity index (χ2v) is 4.52. The Morgan fingerprint density at radius 3 is 3.10 bits per heavy atom. The minimum absolute atomic E-state index is 0.0513. The first-order valence-electron chi connectivity index (χ1n) is 3.01. The Balaban J connectivity index is 2.81. The van der Waals surface area contributed by atoms with Crippen LogP contribution in [0.2, 0.25) is 0 Å². The molecule has 1 nitrogen and oxygen atoms in total. The summed E-state index contributed by atoms with van der Waals surface area (Å²) in [4.78, 5) is 0. The molecule has 1 aliphatic rings. The third-order valence-corrected chi connectivity index (χ3v) is 3.64. The van der Waals surface area contributed by atoms with E-state index in [0.29, 0.717) is 5.76 Å². The van der Waals surface area contributed by atoms with Crippen LogP contribution in [0.5, 0.6) is 0 Å². The van der Waals surface area contributed by atoms with Crippen LogP contribution in [0.25, 0.3) is 0 Å². The smallest absolute Gasteiger partial charge is 0.124 e. The molecule has 0 aliphatic carbocycles. The number of aliphatic hydroxyl groups is 1. The highest BCUT2D eigenvalue weighted by molar-refractivity contribution is 14.2. The molecule has 1 heterocycles. The van der Waals surface area contributed by atoms with Crippen molar-refractivity contribution in [3.8, 4) is 0 Å². The van der Waals surface area contributed by atoms with Crippen LogP contribution in [-0.2, 0) is 0 Å². The van der Waals surface area contributed by atoms with Crippen molar-refractivity contribution in [1.82, 2.24) is 0 Å². The van der Waals surface area contributed by atoms with E-state index in [-0.39, 0.29) is 20.7 Å². The molecule has 2 heteroatoms. The molecule has 0 unspecified atom stereocenters. The third kappa shape index (κ3) is 1.80. The molecular weight excluding hydrogens is 239 g/mol. The molecule has 0 atom stereocenters. The van der Waals surface area contributed by atoms with Crippen molar-refractivity contribution in [3.05, 3.63) is 34.1 Å². The van der Waals surface area contributed by atoms with Gasteiger partial charge in [-0.2, -0.15) is 0 Å². The van der Waals surface area contributed by atoms with Gasteiger partial charge in [-0.05, 0) is 16.5 Å². The molecule has 0 aromatic heterocycles. The summed E-state index contributed by atoms with van der Waals surface area (Å²) in [6.45, 7) is 3.62. The van der Waals surface area contributed by atoms with E-state index >= 15 is 0 Å². The Hall–Kier alpha value is -0.380. The van der Waals surface area contributed by atoms with Gasteiger partial charge in [0.25, 0.3) is 0 Å². The number of rotatable bonds is 2. The number of hydrogen-bond acceptors (Lipinski definition) is 1. The lowest BCUT2D eigenvalue weighted by molar-refractivity contribution is 0.430. The Morgan fingerprint density at radius 2 is 2.50 bits per heavy atom. The average molecular weight is 248 g/mol. The van der Waals surface area contributed by atoms with Crippen LogP contribution >= 0.6 is 20.7 Å². The van der Waals surface area contributed by atoms with E-state index in [4.69, 9.17) is 0 Å². The number of allylic oxidation sites excluding steroid dienone is 4. The first-order valence-corrected chi connectivity index (χ1v) is 5.33. The second-order valence-electron chi connectivity index (χ2n) is 1.88. The molecule has 0 amide bonds. The van der Waals surface area contributed by atoms with Crippen molar-refractivity contribution in [3.63, 3.8) is 0 Å². The molecule has 0 bridgehead atoms. The molecule has 0 radical (unpaired) electrons. The van der Waals surface area contributed by atoms with Gasteiger partial charge in [-0.15, -0.1) is 6.58 Å². The van der Waals surface area contributed by atoms with Crippen LogP contribution in [0.4, 0.5) is 0 Å². The van der Waals surface area contributed by atoms with Gasteiger partial charge in [-0.1, -0.05) is 32.9 Å². The molecule has 0 saturated heterocycles. The first kappa shape index (κ1) is 7.72. The van der Waals surface area contributed by atoms with Crippen molar-refractivity contribution in [2.24, 2.45) is 0 Å². The summed E-state index contributed by atoms with van der Waals surface area (Å²) < 4.78 is 3.30. The first-order chi connectivity index (χ1) is 4.84. The van der Waals surface area contributed by atoms with Crippen molar-refractivity contribution in [2.75, 3.05) is 0 Å². The fourth-order valence-corrected chi connectivity index (χ4v) is 2.58. The minimum Gasteiger partial charge on any atom is -0.507 e. The Morgan fingerprint density at radius 1 is 1.70 bits per heavy atom. The zero-order valence-electron chi connectivity index (χ0n) is 5.55. The molecule has 0 saturated carbocycles. The van der Waals surface area contributed by atoms with Crippen LogP contribution in [0.3, 0.4) is 0 Å². The molecule has 1 rings (SSSR count). The van der Waals surface area contributed by atoms with Gasteiger partial charge in [0.05, 0.1) is 0 Å². The van der Waals surface area contributed by atoms with Gasteiger partial charge in [0.1, 0.15) is 5.76 Å². The van der Waals surface area contributed by atoms with E-state index in [9.17, 15) is 5.11 Å². The Bertz CT molecular complexity index is 223. The summed E-state index contributed by atoms with van der Waals surface area (Å²) in [7, 11) is 0. The highest BCUT2D eigenvalue weighted by Gasteiger charge is 1.99. The summed E-state index contributed by atoms with van der Waals surface area (Å²) in [5.74, 6) is 0.454. The van der Waals surface area contributed by atoms with Crippen LogP contribution in [0, 0.1) is 0 Å². The number of halogens is 1. The van der Waals surface area contributed by atoms with Crippen molar-refractivity contribution in [1.29, 1.82) is 0 Å². The van der Waals surface area contributed by atoms with Gasteiger partial charge in [-0.3, -0.25) is 0 Å². The quantitative estimate of drug-likeness (QED) is 0.588. The van der Waals surface area contributed by atoms with Crippen molar-refractivity contribution >= 4 is 24.7 Å². The lowest BCUT2D eigenvalue weighted by Gasteiger charge is -2.01. The standard InChI is InChI=1S/C8H9IO/c1-2-4-7-8(10)5-3-6-9-7/h2-3,5-6,10H,1,4H2. The van der Waals surface area contributed by atoms with Gasteiger partial charge in [-0.25, -0.2) is 0 Å². The van der Waals surface area contributed by atoms with Crippen LogP contribution in [0.1, 0.15) is 6.42 Å². The lowest BCUT2D eigenvalue weighted by Crippen LogP contribution is -1.84. The fourth-order valence-electron chi connectivity index (χ4n) is 0.662. The molecule has 1 aliphatic heterocycles. The van der Waals surface area contributed by atoms with E-state index in [0.717, 1.165) is 10.0 Å². The molecule has 0 spiro atoms. The molecule has 54 valence electrons. The van der Waals surface area contributed by atoms with Crippen LogP contribution in [-0.4, -0.2) is 9.12 Å². The highest BCUT2D eigenvalue weighted by atomic mass is 127. The van der Waals surface area contributed by atoms with Gasteiger partial charge in [0, 0.05) is 3.58 Å². The molecule has 0 fully saturated rings. The minimum atomic E-state index is -0.0513. The Kier molecular flexibility index (Phi) is 2.86. The monoisotopic (exact) mass is 248 g/mol. The summed E-state index contributed by atoms with van der Waals surface area (Å²) in [6, 6.07) is 0. The van der Waals surface area contributed by atoms with E-state index in [1.807, 2.05) is 12.2 Å². The Labute approximate surface area is 70.5 Å². The molecule has 0 aromatic rings. The predicted octanol–water partition coefficient (Wildman–Crippen LogP) is 2.67. The number of aliphatic hydroxyl groups excluding tert-OH is 1. The van der Waals surface area contributed by atoms with Gasteiger partial charge in [0.15, 0.2) is 0 Å². The zero-order chi connectivity index (χ0) is 7.40. The second kappa shape index (κ2) is 3.71. The van der Waals surface area contributed by atoms with Gasteiger partial charge < -0.3 is 5.11 Å². The highest BCUT2D eigenvalue weighted by Crippen LogP contribution is 2.24.